The largest absolute Gasteiger partial charge is 0.344 e. The van der Waals surface area contributed by atoms with E-state index in [9.17, 15) is 0 Å². The fourth-order valence-corrected chi connectivity index (χ4v) is 3.42. The molecule has 2 aliphatic rings. The van der Waals surface area contributed by atoms with Crippen LogP contribution < -0.4 is 0 Å². The highest BCUT2D eigenvalue weighted by Crippen LogP contribution is 2.49. The molecule has 0 bridgehead atoms. The summed E-state index contributed by atoms with van der Waals surface area (Å²) in [5.41, 5.74) is 1.30. The Hall–Kier alpha value is -1.11. The maximum absolute atomic E-state index is 9.02. The zero-order valence-corrected chi connectivity index (χ0v) is 12.8. The minimum Gasteiger partial charge on any atom is -0.344 e. The van der Waals surface area contributed by atoms with E-state index in [0.717, 1.165) is 12.8 Å². The Balaban J connectivity index is 2.17. The van der Waals surface area contributed by atoms with Crippen molar-refractivity contribution in [2.75, 3.05) is 13.2 Å². The Morgan fingerprint density at radius 1 is 1.35 bits per heavy atom. The van der Waals surface area contributed by atoms with Crippen LogP contribution in [0.3, 0.4) is 0 Å². The number of nitrogens with zero attached hydrogens (tertiary/aromatic N) is 1. The van der Waals surface area contributed by atoms with E-state index in [0.29, 0.717) is 25.6 Å². The average molecular weight is 275 g/mol. The van der Waals surface area contributed by atoms with Crippen LogP contribution in [0.5, 0.6) is 0 Å². The van der Waals surface area contributed by atoms with Gasteiger partial charge in [0.2, 0.25) is 0 Å². The van der Waals surface area contributed by atoms with E-state index in [1.807, 2.05) is 13.0 Å². The molecule has 1 saturated carbocycles. The lowest BCUT2D eigenvalue weighted by Gasteiger charge is -2.45. The molecular weight excluding hydrogens is 250 g/mol. The van der Waals surface area contributed by atoms with Gasteiger partial charge in [0.1, 0.15) is 0 Å². The second-order valence-corrected chi connectivity index (χ2v) is 6.63. The number of hydrogen-bond acceptors (Lipinski definition) is 3. The number of rotatable bonds is 3. The third kappa shape index (κ3) is 2.97. The standard InChI is InChI=1S/C17H25NO2/c1-13-5-6-14(8-10-18)16(2,3)15(13)7-9-17(4)19-11-12-20-17/h7,9,14-15H,1,5-6,8,11-12H2,2-4H3/b9-7+/t14-,15?/m1/s1. The van der Waals surface area contributed by atoms with Gasteiger partial charge in [0.05, 0.1) is 19.3 Å². The van der Waals surface area contributed by atoms with Gasteiger partial charge >= 0.3 is 0 Å². The molecular formula is C17H25NO2. The summed E-state index contributed by atoms with van der Waals surface area (Å²) in [5.74, 6) is 0.100. The van der Waals surface area contributed by atoms with E-state index in [1.165, 1.54) is 5.57 Å². The van der Waals surface area contributed by atoms with Gasteiger partial charge in [0.25, 0.3) is 0 Å². The molecule has 1 heterocycles. The second-order valence-electron chi connectivity index (χ2n) is 6.63. The highest BCUT2D eigenvalue weighted by molar-refractivity contribution is 5.20. The monoisotopic (exact) mass is 275 g/mol. The number of hydrogen-bond donors (Lipinski definition) is 0. The van der Waals surface area contributed by atoms with Crippen LogP contribution in [0.2, 0.25) is 0 Å². The molecule has 1 aliphatic carbocycles. The molecule has 110 valence electrons. The summed E-state index contributed by atoms with van der Waals surface area (Å²) in [6, 6.07) is 2.33. The molecule has 0 radical (unpaired) electrons. The zero-order valence-electron chi connectivity index (χ0n) is 12.8. The van der Waals surface area contributed by atoms with Crippen molar-refractivity contribution in [1.29, 1.82) is 5.26 Å². The van der Waals surface area contributed by atoms with Crippen LogP contribution in [0.4, 0.5) is 0 Å². The predicted molar refractivity (Wildman–Crippen MR) is 78.8 cm³/mol. The molecule has 1 unspecified atom stereocenters. The number of allylic oxidation sites excluding steroid dienone is 2. The van der Waals surface area contributed by atoms with Gasteiger partial charge in [-0.1, -0.05) is 32.1 Å². The van der Waals surface area contributed by atoms with E-state index < -0.39 is 5.79 Å². The first-order valence-electron chi connectivity index (χ1n) is 7.41. The van der Waals surface area contributed by atoms with E-state index in [4.69, 9.17) is 14.7 Å². The topological polar surface area (TPSA) is 42.2 Å². The molecule has 20 heavy (non-hydrogen) atoms. The summed E-state index contributed by atoms with van der Waals surface area (Å²) in [4.78, 5) is 0. The van der Waals surface area contributed by atoms with Gasteiger partial charge in [0, 0.05) is 12.3 Å². The van der Waals surface area contributed by atoms with Gasteiger partial charge in [0.15, 0.2) is 5.79 Å². The number of ether oxygens (including phenoxy) is 2. The fourth-order valence-electron chi connectivity index (χ4n) is 3.42. The minimum absolute atomic E-state index is 0.0521. The Morgan fingerprint density at radius 3 is 2.60 bits per heavy atom. The second kappa shape index (κ2) is 5.71. The van der Waals surface area contributed by atoms with Gasteiger partial charge in [-0.25, -0.2) is 0 Å². The molecule has 1 saturated heterocycles. The van der Waals surface area contributed by atoms with Crippen molar-refractivity contribution >= 4 is 0 Å². The summed E-state index contributed by atoms with van der Waals surface area (Å²) < 4.78 is 11.2. The van der Waals surface area contributed by atoms with Crippen molar-refractivity contribution in [3.63, 3.8) is 0 Å². The van der Waals surface area contributed by atoms with E-state index >= 15 is 0 Å². The summed E-state index contributed by atoms with van der Waals surface area (Å²) in [6.07, 6.45) is 6.88. The van der Waals surface area contributed by atoms with Crippen LogP contribution in [0.15, 0.2) is 24.3 Å². The van der Waals surface area contributed by atoms with Crippen LogP contribution in [0, 0.1) is 28.6 Å². The van der Waals surface area contributed by atoms with Crippen molar-refractivity contribution in [2.24, 2.45) is 17.3 Å². The molecule has 1 aliphatic heterocycles. The summed E-state index contributed by atoms with van der Waals surface area (Å²) in [7, 11) is 0. The third-order valence-electron chi connectivity index (χ3n) is 4.90. The van der Waals surface area contributed by atoms with Gasteiger partial charge in [-0.2, -0.15) is 5.26 Å². The molecule has 2 rings (SSSR count). The smallest absolute Gasteiger partial charge is 0.185 e. The predicted octanol–water partition coefficient (Wildman–Crippen LogP) is 3.83. The lowest BCUT2D eigenvalue weighted by Crippen LogP contribution is -2.37. The summed E-state index contributed by atoms with van der Waals surface area (Å²) in [5, 5.41) is 9.02. The average Bonchev–Trinajstić information content (AvgIpc) is 2.80. The lowest BCUT2D eigenvalue weighted by atomic mass is 9.60. The SMILES string of the molecule is C=C1CC[C@H](CC#N)C(C)(C)C1/C=C/C1(C)OCCO1. The molecule has 2 atom stereocenters. The maximum Gasteiger partial charge on any atom is 0.185 e. The zero-order chi connectivity index (χ0) is 14.8. The van der Waals surface area contributed by atoms with Crippen LogP contribution in [-0.2, 0) is 9.47 Å². The van der Waals surface area contributed by atoms with E-state index in [1.54, 1.807) is 0 Å². The van der Waals surface area contributed by atoms with Gasteiger partial charge in [-0.3, -0.25) is 0 Å². The molecule has 0 aromatic rings. The molecule has 2 fully saturated rings. The van der Waals surface area contributed by atoms with Crippen molar-refractivity contribution in [3.05, 3.63) is 24.3 Å². The maximum atomic E-state index is 9.02. The Bertz CT molecular complexity index is 438. The van der Waals surface area contributed by atoms with Gasteiger partial charge < -0.3 is 9.47 Å². The Kier molecular flexibility index (Phi) is 4.36. The lowest BCUT2D eigenvalue weighted by molar-refractivity contribution is -0.100. The fraction of sp³-hybridized carbons (Fsp3) is 0.706. The molecule has 0 spiro atoms. The van der Waals surface area contributed by atoms with Crippen LogP contribution >= 0.6 is 0 Å². The molecule has 3 nitrogen and oxygen atoms in total. The van der Waals surface area contributed by atoms with Crippen LogP contribution in [0.1, 0.15) is 40.0 Å². The Morgan fingerprint density at radius 2 is 2.00 bits per heavy atom. The molecule has 3 heteroatoms. The minimum atomic E-state index is -0.599. The van der Waals surface area contributed by atoms with Crippen LogP contribution in [0.25, 0.3) is 0 Å². The molecule has 0 aromatic carbocycles. The van der Waals surface area contributed by atoms with E-state index in [-0.39, 0.29) is 11.3 Å². The first kappa shape index (κ1) is 15.3. The quantitative estimate of drug-likeness (QED) is 0.735. The van der Waals surface area contributed by atoms with Crippen molar-refractivity contribution < 1.29 is 9.47 Å². The van der Waals surface area contributed by atoms with Gasteiger partial charge in [-0.05, 0) is 37.2 Å². The third-order valence-corrected chi connectivity index (χ3v) is 4.90. The Labute approximate surface area is 122 Å². The van der Waals surface area contributed by atoms with Crippen LogP contribution in [-0.4, -0.2) is 19.0 Å². The number of nitriles is 1. The first-order chi connectivity index (χ1) is 9.39. The first-order valence-corrected chi connectivity index (χ1v) is 7.41. The summed E-state index contributed by atoms with van der Waals surface area (Å²) in [6.45, 7) is 12.0. The van der Waals surface area contributed by atoms with E-state index in [2.05, 4.69) is 32.6 Å². The normalized spacial score (nSPS) is 32.4. The highest BCUT2D eigenvalue weighted by Gasteiger charge is 2.41. The molecule has 0 aromatic heterocycles. The van der Waals surface area contributed by atoms with Crippen molar-refractivity contribution in [1.82, 2.24) is 0 Å². The van der Waals surface area contributed by atoms with Crippen molar-refractivity contribution in [3.8, 4) is 6.07 Å². The molecule has 0 N–H and O–H groups in total. The van der Waals surface area contributed by atoms with Gasteiger partial charge in [-0.15, -0.1) is 0 Å². The molecule has 0 amide bonds. The summed E-state index contributed by atoms with van der Waals surface area (Å²) >= 11 is 0. The van der Waals surface area contributed by atoms with Crippen molar-refractivity contribution in [2.45, 2.75) is 45.8 Å². The highest BCUT2D eigenvalue weighted by atomic mass is 16.7.